The molecule has 1 atom stereocenters. The summed E-state index contributed by atoms with van der Waals surface area (Å²) in [4.78, 5) is 13.9. The molecule has 2 N–H and O–H groups in total. The minimum Gasteiger partial charge on any atom is -0.352 e. The Morgan fingerprint density at radius 3 is 2.11 bits per heavy atom. The van der Waals surface area contributed by atoms with Crippen molar-refractivity contribution in [1.29, 1.82) is 0 Å². The first-order valence-electron chi connectivity index (χ1n) is 7.08. The zero-order valence-corrected chi connectivity index (χ0v) is 12.9. The quantitative estimate of drug-likeness (QED) is 0.657. The van der Waals surface area contributed by atoms with Gasteiger partial charge < -0.3 is 15.5 Å². The molecule has 1 unspecified atom stereocenters. The maximum absolute atomic E-state index is 11.8. The zero-order valence-electron chi connectivity index (χ0n) is 12.9. The molecule has 0 aliphatic rings. The Hall–Kier alpha value is -0.610. The van der Waals surface area contributed by atoms with Crippen LogP contribution in [0.1, 0.15) is 40.5 Å². The molecule has 4 nitrogen and oxygen atoms in total. The summed E-state index contributed by atoms with van der Waals surface area (Å²) in [6, 6.07) is 0.665. The molecule has 0 saturated carbocycles. The molecule has 108 valence electrons. The summed E-state index contributed by atoms with van der Waals surface area (Å²) < 4.78 is 0. The van der Waals surface area contributed by atoms with E-state index in [1.807, 2.05) is 0 Å². The number of amides is 1. The van der Waals surface area contributed by atoms with Gasteiger partial charge in [-0.2, -0.15) is 0 Å². The van der Waals surface area contributed by atoms with Crippen LogP contribution in [0.15, 0.2) is 0 Å². The van der Waals surface area contributed by atoms with Crippen LogP contribution in [0.5, 0.6) is 0 Å². The predicted octanol–water partition coefficient (Wildman–Crippen LogP) is 1.47. The van der Waals surface area contributed by atoms with E-state index in [1.54, 1.807) is 0 Å². The molecule has 0 aromatic carbocycles. The van der Waals surface area contributed by atoms with Gasteiger partial charge in [-0.15, -0.1) is 0 Å². The van der Waals surface area contributed by atoms with Crippen molar-refractivity contribution in [3.8, 4) is 0 Å². The van der Waals surface area contributed by atoms with Crippen LogP contribution in [-0.4, -0.2) is 50.1 Å². The van der Waals surface area contributed by atoms with E-state index in [-0.39, 0.29) is 5.91 Å². The topological polar surface area (TPSA) is 44.4 Å². The lowest BCUT2D eigenvalue weighted by molar-refractivity contribution is -0.121. The van der Waals surface area contributed by atoms with E-state index in [1.165, 1.54) is 0 Å². The summed E-state index contributed by atoms with van der Waals surface area (Å²) in [6.07, 6.45) is 1.99. The van der Waals surface area contributed by atoms with Crippen molar-refractivity contribution in [2.75, 3.05) is 27.2 Å². The molecule has 18 heavy (non-hydrogen) atoms. The van der Waals surface area contributed by atoms with Crippen molar-refractivity contribution < 1.29 is 4.79 Å². The van der Waals surface area contributed by atoms with Crippen LogP contribution in [0.2, 0.25) is 0 Å². The van der Waals surface area contributed by atoms with Gasteiger partial charge in [0.05, 0.1) is 6.54 Å². The first-order chi connectivity index (χ1) is 8.40. The van der Waals surface area contributed by atoms with Gasteiger partial charge in [0.2, 0.25) is 5.91 Å². The highest BCUT2D eigenvalue weighted by Crippen LogP contribution is 2.02. The smallest absolute Gasteiger partial charge is 0.234 e. The van der Waals surface area contributed by atoms with E-state index in [9.17, 15) is 4.79 Å². The van der Waals surface area contributed by atoms with Crippen molar-refractivity contribution >= 4 is 5.91 Å². The van der Waals surface area contributed by atoms with E-state index in [0.29, 0.717) is 24.5 Å². The second kappa shape index (κ2) is 9.34. The van der Waals surface area contributed by atoms with E-state index in [2.05, 4.69) is 57.3 Å². The largest absolute Gasteiger partial charge is 0.352 e. The number of likely N-dealkylation sites (N-methyl/N-ethyl adjacent to an activating group) is 1. The number of carbonyl (C=O) groups is 1. The molecule has 0 bridgehead atoms. The van der Waals surface area contributed by atoms with Gasteiger partial charge in [-0.1, -0.05) is 27.7 Å². The van der Waals surface area contributed by atoms with E-state index < -0.39 is 0 Å². The molecule has 1 amide bonds. The van der Waals surface area contributed by atoms with Crippen molar-refractivity contribution in [2.24, 2.45) is 5.92 Å². The molecule has 0 fully saturated rings. The number of nitrogens with zero attached hydrogens (tertiary/aromatic N) is 1. The fraction of sp³-hybridized carbons (Fsp3) is 0.929. The third-order valence-corrected chi connectivity index (χ3v) is 3.24. The summed E-state index contributed by atoms with van der Waals surface area (Å²) in [5.41, 5.74) is 0. The Bertz CT molecular complexity index is 225. The molecule has 0 radical (unpaired) electrons. The van der Waals surface area contributed by atoms with Crippen LogP contribution in [0.4, 0.5) is 0 Å². The van der Waals surface area contributed by atoms with Gasteiger partial charge in [-0.05, 0) is 32.9 Å². The van der Waals surface area contributed by atoms with Crippen LogP contribution >= 0.6 is 0 Å². The minimum absolute atomic E-state index is 0.105. The average Bonchev–Trinajstić information content (AvgIpc) is 2.30. The highest BCUT2D eigenvalue weighted by Gasteiger charge is 2.15. The zero-order chi connectivity index (χ0) is 14.1. The molecule has 0 aliphatic carbocycles. The molecule has 0 aromatic rings. The van der Waals surface area contributed by atoms with Gasteiger partial charge in [0.1, 0.15) is 0 Å². The Balaban J connectivity index is 4.06. The van der Waals surface area contributed by atoms with Gasteiger partial charge in [0.15, 0.2) is 0 Å². The van der Waals surface area contributed by atoms with Gasteiger partial charge in [-0.3, -0.25) is 4.79 Å². The lowest BCUT2D eigenvalue weighted by atomic mass is 10.0. The lowest BCUT2D eigenvalue weighted by Gasteiger charge is -2.26. The first kappa shape index (κ1) is 17.4. The Morgan fingerprint density at radius 1 is 1.17 bits per heavy atom. The van der Waals surface area contributed by atoms with Gasteiger partial charge in [0.25, 0.3) is 0 Å². The van der Waals surface area contributed by atoms with E-state index in [0.717, 1.165) is 19.4 Å². The van der Waals surface area contributed by atoms with Crippen molar-refractivity contribution in [3.05, 3.63) is 0 Å². The van der Waals surface area contributed by atoms with E-state index in [4.69, 9.17) is 0 Å². The van der Waals surface area contributed by atoms with Gasteiger partial charge >= 0.3 is 0 Å². The summed E-state index contributed by atoms with van der Waals surface area (Å²) in [5.74, 6) is 0.626. The standard InChI is InChI=1S/C14H31N3O/c1-7-12(8-2)16-14(18)9-15-13(11(3)4)10-17(5)6/h11-13,15H,7-10H2,1-6H3,(H,16,18). The van der Waals surface area contributed by atoms with E-state index >= 15 is 0 Å². The van der Waals surface area contributed by atoms with Crippen molar-refractivity contribution in [3.63, 3.8) is 0 Å². The maximum Gasteiger partial charge on any atom is 0.234 e. The molecule has 0 heterocycles. The minimum atomic E-state index is 0.105. The molecule has 4 heteroatoms. The van der Waals surface area contributed by atoms with Crippen LogP contribution in [-0.2, 0) is 4.79 Å². The van der Waals surface area contributed by atoms with Gasteiger partial charge in [-0.25, -0.2) is 0 Å². The second-order valence-electron chi connectivity index (χ2n) is 5.57. The second-order valence-corrected chi connectivity index (χ2v) is 5.57. The number of hydrogen-bond donors (Lipinski definition) is 2. The predicted molar refractivity (Wildman–Crippen MR) is 77.7 cm³/mol. The molecule has 0 spiro atoms. The Labute approximate surface area is 113 Å². The summed E-state index contributed by atoms with van der Waals surface area (Å²) >= 11 is 0. The average molecular weight is 257 g/mol. The number of rotatable bonds is 9. The molecule has 0 aliphatic heterocycles. The molecular formula is C14H31N3O. The lowest BCUT2D eigenvalue weighted by Crippen LogP contribution is -2.47. The third-order valence-electron chi connectivity index (χ3n) is 3.24. The van der Waals surface area contributed by atoms with Crippen molar-refractivity contribution in [2.45, 2.75) is 52.6 Å². The molecule has 0 saturated heterocycles. The third kappa shape index (κ3) is 7.67. The highest BCUT2D eigenvalue weighted by molar-refractivity contribution is 5.78. The highest BCUT2D eigenvalue weighted by atomic mass is 16.1. The number of carbonyl (C=O) groups excluding carboxylic acids is 1. The fourth-order valence-corrected chi connectivity index (χ4v) is 1.90. The van der Waals surface area contributed by atoms with Crippen LogP contribution < -0.4 is 10.6 Å². The normalized spacial score (nSPS) is 13.4. The van der Waals surface area contributed by atoms with Crippen LogP contribution in [0.25, 0.3) is 0 Å². The first-order valence-corrected chi connectivity index (χ1v) is 7.08. The summed E-state index contributed by atoms with van der Waals surface area (Å²) in [5, 5.41) is 6.40. The Morgan fingerprint density at radius 2 is 1.72 bits per heavy atom. The van der Waals surface area contributed by atoms with Crippen LogP contribution in [0, 0.1) is 5.92 Å². The number of hydrogen-bond acceptors (Lipinski definition) is 3. The molecule has 0 aromatic heterocycles. The summed E-state index contributed by atoms with van der Waals surface area (Å²) in [7, 11) is 4.11. The summed E-state index contributed by atoms with van der Waals surface area (Å²) in [6.45, 7) is 9.93. The SMILES string of the molecule is CCC(CC)NC(=O)CNC(CN(C)C)C(C)C. The monoisotopic (exact) mass is 257 g/mol. The van der Waals surface area contributed by atoms with Crippen molar-refractivity contribution in [1.82, 2.24) is 15.5 Å². The molecule has 0 rings (SSSR count). The maximum atomic E-state index is 11.8. The molecular weight excluding hydrogens is 226 g/mol. The Kier molecular flexibility index (Phi) is 9.02. The fourth-order valence-electron chi connectivity index (χ4n) is 1.90. The number of nitrogens with one attached hydrogen (secondary N) is 2. The van der Waals surface area contributed by atoms with Crippen LogP contribution in [0.3, 0.4) is 0 Å². The van der Waals surface area contributed by atoms with Gasteiger partial charge in [0, 0.05) is 18.6 Å².